The van der Waals surface area contributed by atoms with Crippen molar-refractivity contribution in [3.63, 3.8) is 0 Å². The highest BCUT2D eigenvalue weighted by atomic mass is 32.1. The summed E-state index contributed by atoms with van der Waals surface area (Å²) in [6, 6.07) is 12.2. The molecule has 7 heteroatoms. The number of aryl methyl sites for hydroxylation is 2. The summed E-state index contributed by atoms with van der Waals surface area (Å²) >= 11 is 1.56. The lowest BCUT2D eigenvalue weighted by Crippen LogP contribution is -2.39. The van der Waals surface area contributed by atoms with Gasteiger partial charge in [0, 0.05) is 26.2 Å². The summed E-state index contributed by atoms with van der Waals surface area (Å²) in [6.07, 6.45) is 1.28. The molecule has 0 atom stereocenters. The monoisotopic (exact) mass is 467 g/mol. The number of morpholine rings is 1. The van der Waals surface area contributed by atoms with E-state index >= 15 is 0 Å². The lowest BCUT2D eigenvalue weighted by Gasteiger charge is -2.27. The van der Waals surface area contributed by atoms with Crippen molar-refractivity contribution in [1.82, 2.24) is 9.88 Å². The first-order valence-electron chi connectivity index (χ1n) is 11.7. The topological polar surface area (TPSA) is 54.9 Å². The van der Waals surface area contributed by atoms with Gasteiger partial charge in [-0.1, -0.05) is 35.1 Å². The van der Waals surface area contributed by atoms with Crippen LogP contribution >= 0.6 is 11.3 Å². The Balaban J connectivity index is 1.55. The highest BCUT2D eigenvalue weighted by Gasteiger charge is 2.21. The Hall–Kier alpha value is -2.48. The zero-order valence-electron chi connectivity index (χ0n) is 19.8. The number of amides is 1. The highest BCUT2D eigenvalue weighted by molar-refractivity contribution is 7.22. The fourth-order valence-electron chi connectivity index (χ4n) is 4.12. The van der Waals surface area contributed by atoms with Gasteiger partial charge in [-0.15, -0.1) is 0 Å². The molecule has 0 bridgehead atoms. The van der Waals surface area contributed by atoms with Crippen molar-refractivity contribution in [2.75, 3.05) is 50.9 Å². The van der Waals surface area contributed by atoms with Gasteiger partial charge < -0.3 is 9.47 Å². The van der Waals surface area contributed by atoms with Crippen LogP contribution in [-0.2, 0) is 16.0 Å². The van der Waals surface area contributed by atoms with Gasteiger partial charge >= 0.3 is 0 Å². The summed E-state index contributed by atoms with van der Waals surface area (Å²) in [7, 11) is 0. The lowest BCUT2D eigenvalue weighted by molar-refractivity contribution is -0.118. The van der Waals surface area contributed by atoms with Crippen LogP contribution in [-0.4, -0.2) is 61.8 Å². The largest absolute Gasteiger partial charge is 0.494 e. The van der Waals surface area contributed by atoms with Crippen molar-refractivity contribution < 1.29 is 14.3 Å². The summed E-state index contributed by atoms with van der Waals surface area (Å²) in [6.45, 7) is 11.8. The summed E-state index contributed by atoms with van der Waals surface area (Å²) < 4.78 is 12.1. The van der Waals surface area contributed by atoms with Crippen molar-refractivity contribution in [2.24, 2.45) is 0 Å². The van der Waals surface area contributed by atoms with Gasteiger partial charge in [0.15, 0.2) is 5.13 Å². The smallest absolute Gasteiger partial charge is 0.233 e. The summed E-state index contributed by atoms with van der Waals surface area (Å²) in [5, 5.41) is 0.760. The fraction of sp³-hybridized carbons (Fsp3) is 0.462. The molecule has 0 saturated carbocycles. The molecule has 176 valence electrons. The maximum atomic E-state index is 13.5. The van der Waals surface area contributed by atoms with Crippen molar-refractivity contribution in [2.45, 2.75) is 33.6 Å². The van der Waals surface area contributed by atoms with E-state index in [0.29, 0.717) is 19.6 Å². The average Bonchev–Trinajstić information content (AvgIpc) is 3.23. The number of hydrogen-bond acceptors (Lipinski definition) is 6. The minimum absolute atomic E-state index is 0.0924. The number of thiazole rings is 1. The van der Waals surface area contributed by atoms with Gasteiger partial charge in [-0.05, 0) is 56.5 Å². The Morgan fingerprint density at radius 2 is 2.00 bits per heavy atom. The summed E-state index contributed by atoms with van der Waals surface area (Å²) in [4.78, 5) is 22.6. The summed E-state index contributed by atoms with van der Waals surface area (Å²) in [5.41, 5.74) is 4.30. The average molecular weight is 468 g/mol. The molecule has 1 fully saturated rings. The van der Waals surface area contributed by atoms with Crippen molar-refractivity contribution in [3.05, 3.63) is 53.1 Å². The minimum Gasteiger partial charge on any atom is -0.494 e. The maximum absolute atomic E-state index is 13.5. The maximum Gasteiger partial charge on any atom is 0.233 e. The van der Waals surface area contributed by atoms with E-state index in [4.69, 9.17) is 14.5 Å². The third-order valence-electron chi connectivity index (χ3n) is 6.00. The van der Waals surface area contributed by atoms with E-state index in [1.54, 1.807) is 11.3 Å². The van der Waals surface area contributed by atoms with Crippen LogP contribution in [0.25, 0.3) is 10.2 Å². The Morgan fingerprint density at radius 1 is 1.18 bits per heavy atom. The van der Waals surface area contributed by atoms with Crippen LogP contribution in [0.15, 0.2) is 36.4 Å². The lowest BCUT2D eigenvalue weighted by atomic mass is 10.0. The second-order valence-electron chi connectivity index (χ2n) is 8.52. The molecular weight excluding hydrogens is 434 g/mol. The quantitative estimate of drug-likeness (QED) is 0.460. The number of nitrogens with zero attached hydrogens (tertiary/aromatic N) is 3. The number of aromatic nitrogens is 1. The first-order chi connectivity index (χ1) is 16.0. The van der Waals surface area contributed by atoms with Crippen LogP contribution in [0.2, 0.25) is 0 Å². The first-order valence-corrected chi connectivity index (χ1v) is 12.5. The standard InChI is InChI=1S/C26H33N3O3S/c1-4-32-22-8-9-23-24(18-22)33-26(27-23)29(11-5-10-28-12-14-31-15-13-28)25(30)17-21-16-19(2)6-7-20(21)3/h6-9,16,18H,4-5,10-15,17H2,1-3H3. The fourth-order valence-corrected chi connectivity index (χ4v) is 5.16. The highest BCUT2D eigenvalue weighted by Crippen LogP contribution is 2.32. The van der Waals surface area contributed by atoms with Crippen LogP contribution in [0, 0.1) is 13.8 Å². The molecule has 1 amide bonds. The molecular formula is C26H33N3O3S. The van der Waals surface area contributed by atoms with Crippen molar-refractivity contribution in [3.8, 4) is 5.75 Å². The second-order valence-corrected chi connectivity index (χ2v) is 9.53. The molecule has 1 aliphatic heterocycles. The number of benzene rings is 2. The molecule has 1 aliphatic rings. The molecule has 3 aromatic rings. The molecule has 4 rings (SSSR count). The van der Waals surface area contributed by atoms with E-state index < -0.39 is 0 Å². The third kappa shape index (κ3) is 6.10. The number of rotatable bonds is 9. The number of carbonyl (C=O) groups excluding carboxylic acids is 1. The number of carbonyl (C=O) groups is 1. The second kappa shape index (κ2) is 11.1. The van der Waals surface area contributed by atoms with Crippen LogP contribution in [0.5, 0.6) is 5.75 Å². The molecule has 0 spiro atoms. The molecule has 2 aromatic carbocycles. The Kier molecular flexibility index (Phi) is 7.96. The van der Waals surface area contributed by atoms with Gasteiger partial charge in [-0.2, -0.15) is 0 Å². The molecule has 6 nitrogen and oxygen atoms in total. The number of fused-ring (bicyclic) bond motifs is 1. The normalized spacial score (nSPS) is 14.5. The van der Waals surface area contributed by atoms with E-state index in [1.807, 2.05) is 30.0 Å². The van der Waals surface area contributed by atoms with Crippen molar-refractivity contribution in [1.29, 1.82) is 0 Å². The molecule has 2 heterocycles. The van der Waals surface area contributed by atoms with Crippen LogP contribution < -0.4 is 9.64 Å². The molecule has 1 aromatic heterocycles. The Bertz CT molecular complexity index is 1090. The number of anilines is 1. The first kappa shape index (κ1) is 23.7. The van der Waals surface area contributed by atoms with E-state index in [1.165, 1.54) is 5.56 Å². The molecule has 0 radical (unpaired) electrons. The summed E-state index contributed by atoms with van der Waals surface area (Å²) in [5.74, 6) is 0.926. The molecule has 0 N–H and O–H groups in total. The third-order valence-corrected chi connectivity index (χ3v) is 7.04. The van der Waals surface area contributed by atoms with Gasteiger partial charge in [-0.25, -0.2) is 4.98 Å². The Labute approximate surface area is 200 Å². The molecule has 1 saturated heterocycles. The van der Waals surface area contributed by atoms with Crippen LogP contribution in [0.3, 0.4) is 0 Å². The van der Waals surface area contributed by atoms with E-state index in [9.17, 15) is 4.79 Å². The Morgan fingerprint density at radius 3 is 2.79 bits per heavy atom. The molecule has 0 aliphatic carbocycles. The van der Waals surface area contributed by atoms with E-state index in [2.05, 4.69) is 36.9 Å². The van der Waals surface area contributed by atoms with Crippen molar-refractivity contribution >= 4 is 32.6 Å². The molecule has 33 heavy (non-hydrogen) atoms. The molecule has 0 unspecified atom stereocenters. The van der Waals surface area contributed by atoms with Gasteiger partial charge in [0.1, 0.15) is 5.75 Å². The zero-order chi connectivity index (χ0) is 23.2. The van der Waals surface area contributed by atoms with Gasteiger partial charge in [0.25, 0.3) is 0 Å². The van der Waals surface area contributed by atoms with E-state index in [-0.39, 0.29) is 5.91 Å². The van der Waals surface area contributed by atoms with E-state index in [0.717, 1.165) is 71.5 Å². The van der Waals surface area contributed by atoms with Crippen LogP contribution in [0.1, 0.15) is 30.0 Å². The number of hydrogen-bond donors (Lipinski definition) is 0. The van der Waals surface area contributed by atoms with Gasteiger partial charge in [-0.3, -0.25) is 14.6 Å². The predicted molar refractivity (Wildman–Crippen MR) is 135 cm³/mol. The van der Waals surface area contributed by atoms with Gasteiger partial charge in [0.05, 0.1) is 36.5 Å². The zero-order valence-corrected chi connectivity index (χ0v) is 20.6. The predicted octanol–water partition coefficient (Wildman–Crippen LogP) is 4.61. The SMILES string of the molecule is CCOc1ccc2nc(N(CCCN3CCOCC3)C(=O)Cc3cc(C)ccc3C)sc2c1. The number of ether oxygens (including phenoxy) is 2. The minimum atomic E-state index is 0.0924. The van der Waals surface area contributed by atoms with Crippen LogP contribution in [0.4, 0.5) is 5.13 Å². The van der Waals surface area contributed by atoms with Gasteiger partial charge in [0.2, 0.25) is 5.91 Å².